The first kappa shape index (κ1) is 16.5. The monoisotopic (exact) mass is 336 g/mol. The highest BCUT2D eigenvalue weighted by Crippen LogP contribution is 2.24. The summed E-state index contributed by atoms with van der Waals surface area (Å²) >= 11 is 0. The molecule has 0 unspecified atom stereocenters. The zero-order valence-corrected chi connectivity index (χ0v) is 13.4. The fourth-order valence-corrected chi connectivity index (χ4v) is 2.31. The van der Waals surface area contributed by atoms with Gasteiger partial charge in [0, 0.05) is 17.7 Å². The van der Waals surface area contributed by atoms with Crippen LogP contribution in [0.1, 0.15) is 0 Å². The molecular weight excluding hydrogens is 320 g/mol. The molecular formula is C20H16O5. The van der Waals surface area contributed by atoms with Crippen LogP contribution in [0.3, 0.4) is 0 Å². The Labute approximate surface area is 144 Å². The molecule has 1 heterocycles. The summed E-state index contributed by atoms with van der Waals surface area (Å²) in [5, 5.41) is 0.446. The van der Waals surface area contributed by atoms with Crippen molar-refractivity contribution in [2.75, 3.05) is 13.2 Å². The van der Waals surface area contributed by atoms with Gasteiger partial charge in [-0.15, -0.1) is 0 Å². The van der Waals surface area contributed by atoms with Crippen molar-refractivity contribution >= 4 is 16.9 Å². The van der Waals surface area contributed by atoms with Crippen LogP contribution >= 0.6 is 0 Å². The minimum absolute atomic E-state index is 0.134. The summed E-state index contributed by atoms with van der Waals surface area (Å²) in [6.45, 7) is 3.37. The molecule has 0 atom stereocenters. The van der Waals surface area contributed by atoms with Crippen LogP contribution in [-0.2, 0) is 9.53 Å². The molecule has 0 radical (unpaired) electrons. The molecule has 0 saturated carbocycles. The Morgan fingerprint density at radius 3 is 2.68 bits per heavy atom. The largest absolute Gasteiger partial charge is 0.482 e. The van der Waals surface area contributed by atoms with Gasteiger partial charge in [0.2, 0.25) is 0 Å². The van der Waals surface area contributed by atoms with Gasteiger partial charge in [0.1, 0.15) is 23.7 Å². The zero-order chi connectivity index (χ0) is 17.6. The molecule has 1 aromatic heterocycles. The molecule has 2 aromatic carbocycles. The predicted octanol–water partition coefficient (Wildman–Crippen LogP) is 3.57. The molecule has 0 aliphatic rings. The van der Waals surface area contributed by atoms with Crippen molar-refractivity contribution in [3.05, 3.63) is 77.5 Å². The Balaban J connectivity index is 1.87. The second kappa shape index (κ2) is 7.49. The molecule has 0 aliphatic carbocycles. The number of hydrogen-bond donors (Lipinski definition) is 0. The van der Waals surface area contributed by atoms with E-state index in [1.165, 1.54) is 12.1 Å². The molecule has 3 aromatic rings. The first-order valence-corrected chi connectivity index (χ1v) is 7.70. The fraction of sp³-hybridized carbons (Fsp3) is 0.100. The van der Waals surface area contributed by atoms with Crippen LogP contribution in [0, 0.1) is 0 Å². The number of esters is 1. The lowest BCUT2D eigenvalue weighted by Gasteiger charge is -2.07. The third kappa shape index (κ3) is 3.95. The summed E-state index contributed by atoms with van der Waals surface area (Å²) in [5.41, 5.74) is 1.06. The minimum Gasteiger partial charge on any atom is -0.482 e. The highest BCUT2D eigenvalue weighted by Gasteiger charge is 2.09. The van der Waals surface area contributed by atoms with E-state index in [9.17, 15) is 9.59 Å². The van der Waals surface area contributed by atoms with E-state index in [0.717, 1.165) is 5.56 Å². The van der Waals surface area contributed by atoms with E-state index in [0.29, 0.717) is 22.5 Å². The Hall–Kier alpha value is -3.34. The summed E-state index contributed by atoms with van der Waals surface area (Å²) < 4.78 is 16.1. The van der Waals surface area contributed by atoms with Crippen molar-refractivity contribution in [1.82, 2.24) is 0 Å². The number of carbonyl (C=O) groups is 1. The average molecular weight is 336 g/mol. The summed E-state index contributed by atoms with van der Waals surface area (Å²) in [6.07, 6.45) is 1.48. The predicted molar refractivity (Wildman–Crippen MR) is 94.6 cm³/mol. The van der Waals surface area contributed by atoms with Crippen molar-refractivity contribution < 1.29 is 18.7 Å². The van der Waals surface area contributed by atoms with E-state index in [-0.39, 0.29) is 18.6 Å². The minimum atomic E-state index is -0.500. The molecule has 126 valence electrons. The molecule has 0 bridgehead atoms. The standard InChI is InChI=1S/C20H16O5/c1-2-10-23-20(22)13-24-15-8-9-16-17(21)12-18(25-19(16)11-15)14-6-4-3-5-7-14/h2-9,11-12H,1,10,13H2. The van der Waals surface area contributed by atoms with Gasteiger partial charge in [-0.25, -0.2) is 4.79 Å². The van der Waals surface area contributed by atoms with Gasteiger partial charge in [0.25, 0.3) is 0 Å². The van der Waals surface area contributed by atoms with Crippen molar-refractivity contribution in [3.8, 4) is 17.1 Å². The zero-order valence-electron chi connectivity index (χ0n) is 13.4. The highest BCUT2D eigenvalue weighted by atomic mass is 16.6. The van der Waals surface area contributed by atoms with Crippen LogP contribution in [0.25, 0.3) is 22.3 Å². The van der Waals surface area contributed by atoms with E-state index in [1.807, 2.05) is 30.3 Å². The average Bonchev–Trinajstić information content (AvgIpc) is 2.65. The first-order valence-electron chi connectivity index (χ1n) is 7.70. The third-order valence-corrected chi connectivity index (χ3v) is 3.48. The maximum atomic E-state index is 12.3. The van der Waals surface area contributed by atoms with Crippen molar-refractivity contribution in [2.24, 2.45) is 0 Å². The SMILES string of the molecule is C=CCOC(=O)COc1ccc2c(=O)cc(-c3ccccc3)oc2c1. The Bertz CT molecular complexity index is 957. The summed E-state index contributed by atoms with van der Waals surface area (Å²) in [6, 6.07) is 15.6. The van der Waals surface area contributed by atoms with E-state index < -0.39 is 5.97 Å². The Morgan fingerprint density at radius 2 is 1.92 bits per heavy atom. The van der Waals surface area contributed by atoms with Crippen molar-refractivity contribution in [3.63, 3.8) is 0 Å². The molecule has 0 spiro atoms. The lowest BCUT2D eigenvalue weighted by Crippen LogP contribution is -2.14. The number of rotatable bonds is 6. The molecule has 0 fully saturated rings. The molecule has 5 nitrogen and oxygen atoms in total. The van der Waals surface area contributed by atoms with E-state index in [4.69, 9.17) is 13.9 Å². The second-order valence-electron chi connectivity index (χ2n) is 5.26. The number of benzene rings is 2. The lowest BCUT2D eigenvalue weighted by atomic mass is 10.1. The van der Waals surface area contributed by atoms with Crippen LogP contribution in [-0.4, -0.2) is 19.2 Å². The van der Waals surface area contributed by atoms with Gasteiger partial charge < -0.3 is 13.9 Å². The highest BCUT2D eigenvalue weighted by molar-refractivity contribution is 5.80. The van der Waals surface area contributed by atoms with Gasteiger partial charge in [-0.2, -0.15) is 0 Å². The van der Waals surface area contributed by atoms with Crippen molar-refractivity contribution in [1.29, 1.82) is 0 Å². The number of ether oxygens (including phenoxy) is 2. The van der Waals surface area contributed by atoms with Crippen LogP contribution in [0.15, 0.2) is 76.5 Å². The van der Waals surface area contributed by atoms with Gasteiger partial charge >= 0.3 is 5.97 Å². The number of hydrogen-bond acceptors (Lipinski definition) is 5. The molecule has 5 heteroatoms. The maximum absolute atomic E-state index is 12.3. The van der Waals surface area contributed by atoms with E-state index >= 15 is 0 Å². The fourth-order valence-electron chi connectivity index (χ4n) is 2.31. The Morgan fingerprint density at radius 1 is 1.12 bits per heavy atom. The van der Waals surface area contributed by atoms with E-state index in [1.54, 1.807) is 18.2 Å². The third-order valence-electron chi connectivity index (χ3n) is 3.48. The molecule has 0 saturated heterocycles. The normalized spacial score (nSPS) is 10.4. The smallest absolute Gasteiger partial charge is 0.344 e. The quantitative estimate of drug-likeness (QED) is 0.508. The van der Waals surface area contributed by atoms with Crippen LogP contribution in [0.4, 0.5) is 0 Å². The number of fused-ring (bicyclic) bond motifs is 1. The molecule has 0 aliphatic heterocycles. The van der Waals surface area contributed by atoms with Gasteiger partial charge in [-0.3, -0.25) is 4.79 Å². The summed E-state index contributed by atoms with van der Waals surface area (Å²) in [7, 11) is 0. The Kier molecular flexibility index (Phi) is 4.95. The number of carbonyl (C=O) groups excluding carboxylic acids is 1. The topological polar surface area (TPSA) is 65.7 Å². The first-order chi connectivity index (χ1) is 12.2. The van der Waals surface area contributed by atoms with Gasteiger partial charge in [-0.1, -0.05) is 43.0 Å². The van der Waals surface area contributed by atoms with Crippen LogP contribution in [0.5, 0.6) is 5.75 Å². The molecule has 0 N–H and O–H groups in total. The molecule has 25 heavy (non-hydrogen) atoms. The lowest BCUT2D eigenvalue weighted by molar-refractivity contribution is -0.144. The van der Waals surface area contributed by atoms with Gasteiger partial charge in [0.15, 0.2) is 12.0 Å². The maximum Gasteiger partial charge on any atom is 0.344 e. The summed E-state index contributed by atoms with van der Waals surface area (Å²) in [4.78, 5) is 23.7. The second-order valence-corrected chi connectivity index (χ2v) is 5.26. The van der Waals surface area contributed by atoms with Gasteiger partial charge in [-0.05, 0) is 12.1 Å². The van der Waals surface area contributed by atoms with Gasteiger partial charge in [0.05, 0.1) is 5.39 Å². The molecule has 3 rings (SSSR count). The van der Waals surface area contributed by atoms with Crippen molar-refractivity contribution in [2.45, 2.75) is 0 Å². The van der Waals surface area contributed by atoms with Crippen LogP contribution < -0.4 is 10.2 Å². The van der Waals surface area contributed by atoms with Crippen LogP contribution in [0.2, 0.25) is 0 Å². The van der Waals surface area contributed by atoms with E-state index in [2.05, 4.69) is 6.58 Å². The molecule has 0 amide bonds. The summed E-state index contributed by atoms with van der Waals surface area (Å²) in [5.74, 6) is 0.386.